The molecule has 2 atom stereocenters. The minimum atomic E-state index is -4.16. The molecule has 5 heteroatoms. The van der Waals surface area contributed by atoms with E-state index in [0.717, 1.165) is 28.7 Å². The van der Waals surface area contributed by atoms with Crippen molar-refractivity contribution in [1.29, 1.82) is 0 Å². The Bertz CT molecular complexity index is 603. The third-order valence-corrected chi connectivity index (χ3v) is 3.55. The highest BCUT2D eigenvalue weighted by Crippen LogP contribution is 2.31. The van der Waals surface area contributed by atoms with E-state index in [2.05, 4.69) is 5.32 Å². The van der Waals surface area contributed by atoms with Crippen LogP contribution >= 0.6 is 0 Å². The number of alkyl halides is 3. The van der Waals surface area contributed by atoms with Gasteiger partial charge in [-0.1, -0.05) is 25.1 Å². The molecule has 2 aromatic rings. The van der Waals surface area contributed by atoms with Crippen LogP contribution in [-0.4, -0.2) is 12.2 Å². The Balaban J connectivity index is 2.21. The first-order valence-corrected chi connectivity index (χ1v) is 7.15. The molecule has 1 aromatic carbocycles. The molecule has 0 amide bonds. The van der Waals surface area contributed by atoms with Gasteiger partial charge in [-0.15, -0.1) is 0 Å². The van der Waals surface area contributed by atoms with E-state index in [1.807, 2.05) is 38.1 Å². The number of rotatable bonds is 5. The molecule has 0 fully saturated rings. The summed E-state index contributed by atoms with van der Waals surface area (Å²) < 4.78 is 43.1. The molecule has 21 heavy (non-hydrogen) atoms. The summed E-state index contributed by atoms with van der Waals surface area (Å²) in [6.45, 7) is 5.40. The summed E-state index contributed by atoms with van der Waals surface area (Å²) >= 11 is 0. The largest absolute Gasteiger partial charge is 0.459 e. The molecule has 0 aliphatic carbocycles. The lowest BCUT2D eigenvalue weighted by Crippen LogP contribution is -2.33. The van der Waals surface area contributed by atoms with Gasteiger partial charge in [0.25, 0.3) is 0 Å². The predicted molar refractivity (Wildman–Crippen MR) is 77.3 cm³/mol. The van der Waals surface area contributed by atoms with E-state index in [-0.39, 0.29) is 6.04 Å². The normalized spacial score (nSPS) is 15.3. The molecule has 2 unspecified atom stereocenters. The number of halogens is 3. The molecule has 1 aromatic heterocycles. The van der Waals surface area contributed by atoms with Crippen LogP contribution in [0.25, 0.3) is 11.0 Å². The Kier molecular flexibility index (Phi) is 4.61. The number of fused-ring (bicyclic) bond motifs is 1. The van der Waals surface area contributed by atoms with Gasteiger partial charge in [-0.05, 0) is 26.3 Å². The molecule has 2 nitrogen and oxygen atoms in total. The summed E-state index contributed by atoms with van der Waals surface area (Å²) in [5.41, 5.74) is 1.84. The van der Waals surface area contributed by atoms with E-state index in [9.17, 15) is 13.2 Å². The van der Waals surface area contributed by atoms with Crippen LogP contribution in [-0.2, 0) is 6.42 Å². The minimum absolute atomic E-state index is 0.260. The van der Waals surface area contributed by atoms with Crippen molar-refractivity contribution in [3.63, 3.8) is 0 Å². The molecule has 0 spiro atoms. The molecule has 0 aliphatic rings. The van der Waals surface area contributed by atoms with E-state index in [0.29, 0.717) is 0 Å². The molecule has 116 valence electrons. The summed E-state index contributed by atoms with van der Waals surface area (Å²) in [5.74, 6) is 0.729. The monoisotopic (exact) mass is 299 g/mol. The molecule has 1 heterocycles. The van der Waals surface area contributed by atoms with E-state index in [4.69, 9.17) is 4.42 Å². The van der Waals surface area contributed by atoms with E-state index in [1.165, 1.54) is 6.92 Å². The maximum atomic E-state index is 12.4. The third-order valence-electron chi connectivity index (χ3n) is 3.55. The number of aryl methyl sites for hydroxylation is 1. The van der Waals surface area contributed by atoms with Gasteiger partial charge in [0.05, 0.1) is 12.5 Å². The molecular formula is C16H20F3NO. The molecule has 0 bridgehead atoms. The summed E-state index contributed by atoms with van der Waals surface area (Å²) in [6, 6.07) is 6.77. The summed E-state index contributed by atoms with van der Waals surface area (Å²) in [5, 5.41) is 4.01. The average Bonchev–Trinajstić information content (AvgIpc) is 2.74. The van der Waals surface area contributed by atoms with Crippen molar-refractivity contribution in [2.45, 2.75) is 51.9 Å². The lowest BCUT2D eigenvalue weighted by atomic mass is 10.0. The Labute approximate surface area is 122 Å². The Morgan fingerprint density at radius 2 is 1.86 bits per heavy atom. The first-order chi connectivity index (χ1) is 9.81. The van der Waals surface area contributed by atoms with Crippen molar-refractivity contribution in [3.05, 3.63) is 35.6 Å². The van der Waals surface area contributed by atoms with Gasteiger partial charge in [-0.2, -0.15) is 13.2 Å². The van der Waals surface area contributed by atoms with E-state index in [1.54, 1.807) is 0 Å². The van der Waals surface area contributed by atoms with Gasteiger partial charge in [-0.25, -0.2) is 0 Å². The number of nitrogens with one attached hydrogen (secondary N) is 1. The average molecular weight is 299 g/mol. The minimum Gasteiger partial charge on any atom is -0.459 e. The van der Waals surface area contributed by atoms with Crippen molar-refractivity contribution in [1.82, 2.24) is 5.32 Å². The number of hydrogen-bond acceptors (Lipinski definition) is 2. The van der Waals surface area contributed by atoms with Crippen LogP contribution < -0.4 is 5.32 Å². The van der Waals surface area contributed by atoms with Crippen LogP contribution in [0.15, 0.2) is 28.7 Å². The molecule has 0 saturated heterocycles. The number of benzene rings is 1. The van der Waals surface area contributed by atoms with Crippen molar-refractivity contribution >= 4 is 11.0 Å². The quantitative estimate of drug-likeness (QED) is 0.841. The van der Waals surface area contributed by atoms with Crippen molar-refractivity contribution in [2.75, 3.05) is 0 Å². The highest BCUT2D eigenvalue weighted by molar-refractivity contribution is 5.82. The van der Waals surface area contributed by atoms with Crippen molar-refractivity contribution in [2.24, 2.45) is 0 Å². The van der Waals surface area contributed by atoms with Crippen molar-refractivity contribution in [3.8, 4) is 0 Å². The van der Waals surface area contributed by atoms with Gasteiger partial charge < -0.3 is 9.73 Å². The second-order valence-corrected chi connectivity index (χ2v) is 5.40. The number of hydrogen-bond donors (Lipinski definition) is 1. The van der Waals surface area contributed by atoms with Gasteiger partial charge in [-0.3, -0.25) is 0 Å². The molecule has 0 radical (unpaired) electrons. The molecule has 0 saturated carbocycles. The fraction of sp³-hybridized carbons (Fsp3) is 0.500. The van der Waals surface area contributed by atoms with E-state index >= 15 is 0 Å². The molecule has 2 rings (SSSR count). The highest BCUT2D eigenvalue weighted by atomic mass is 19.4. The second-order valence-electron chi connectivity index (χ2n) is 5.40. The Hall–Kier alpha value is -1.49. The number of para-hydroxylation sites is 1. The van der Waals surface area contributed by atoms with E-state index < -0.39 is 18.6 Å². The molecular weight excluding hydrogens is 279 g/mol. The zero-order valence-electron chi connectivity index (χ0n) is 12.4. The van der Waals surface area contributed by atoms with Gasteiger partial charge in [0, 0.05) is 17.0 Å². The summed E-state index contributed by atoms with van der Waals surface area (Å²) in [4.78, 5) is 0. The van der Waals surface area contributed by atoms with Gasteiger partial charge >= 0.3 is 6.18 Å². The van der Waals surface area contributed by atoms with Crippen LogP contribution in [0.3, 0.4) is 0 Å². The van der Waals surface area contributed by atoms with Crippen LogP contribution in [0.1, 0.15) is 44.6 Å². The van der Waals surface area contributed by atoms with Crippen LogP contribution in [0, 0.1) is 0 Å². The van der Waals surface area contributed by atoms with Crippen molar-refractivity contribution < 1.29 is 17.6 Å². The smallest absolute Gasteiger partial charge is 0.390 e. The van der Waals surface area contributed by atoms with Gasteiger partial charge in [0.1, 0.15) is 11.3 Å². The maximum Gasteiger partial charge on any atom is 0.390 e. The lowest BCUT2D eigenvalue weighted by Gasteiger charge is -2.20. The highest BCUT2D eigenvalue weighted by Gasteiger charge is 2.31. The van der Waals surface area contributed by atoms with Crippen LogP contribution in [0.2, 0.25) is 0 Å². The second kappa shape index (κ2) is 6.10. The van der Waals surface area contributed by atoms with Gasteiger partial charge in [0.15, 0.2) is 0 Å². The Morgan fingerprint density at radius 1 is 1.19 bits per heavy atom. The summed E-state index contributed by atoms with van der Waals surface area (Å²) in [7, 11) is 0. The van der Waals surface area contributed by atoms with Crippen LogP contribution in [0.4, 0.5) is 13.2 Å². The first kappa shape index (κ1) is 15.9. The number of furan rings is 1. The Morgan fingerprint density at radius 3 is 2.48 bits per heavy atom. The lowest BCUT2D eigenvalue weighted by molar-refractivity contribution is -0.139. The zero-order valence-corrected chi connectivity index (χ0v) is 12.4. The maximum absolute atomic E-state index is 12.4. The SMILES string of the molecule is CCc1c(C(C)NC(C)CC(F)(F)F)oc2ccccc12. The summed E-state index contributed by atoms with van der Waals surface area (Å²) in [6.07, 6.45) is -4.22. The standard InChI is InChI=1S/C16H20F3NO/c1-4-12-13-7-5-6-8-14(13)21-15(12)11(3)20-10(2)9-16(17,18)19/h5-8,10-11,20H,4,9H2,1-3H3. The predicted octanol–water partition coefficient (Wildman–Crippen LogP) is 4.99. The van der Waals surface area contributed by atoms with Gasteiger partial charge in [0.2, 0.25) is 0 Å². The molecule has 1 N–H and O–H groups in total. The third kappa shape index (κ3) is 3.79. The zero-order chi connectivity index (χ0) is 15.6. The molecule has 0 aliphatic heterocycles. The topological polar surface area (TPSA) is 25.2 Å². The van der Waals surface area contributed by atoms with Crippen LogP contribution in [0.5, 0.6) is 0 Å². The first-order valence-electron chi connectivity index (χ1n) is 7.15. The fourth-order valence-electron chi connectivity index (χ4n) is 2.74. The fourth-order valence-corrected chi connectivity index (χ4v) is 2.74.